The number of nitrogens with zero attached hydrogens (tertiary/aromatic N) is 2. The van der Waals surface area contributed by atoms with Gasteiger partial charge >= 0.3 is 0 Å². The van der Waals surface area contributed by atoms with Crippen LogP contribution in [0.15, 0.2) is 23.1 Å². The highest BCUT2D eigenvalue weighted by molar-refractivity contribution is 7.89. The van der Waals surface area contributed by atoms with Crippen LogP contribution in [0.2, 0.25) is 0 Å². The summed E-state index contributed by atoms with van der Waals surface area (Å²) in [5.41, 5.74) is 0.00993. The maximum atomic E-state index is 13.8. The van der Waals surface area contributed by atoms with Crippen LogP contribution < -0.4 is 0 Å². The van der Waals surface area contributed by atoms with Crippen LogP contribution in [-0.2, 0) is 10.0 Å². The molecular formula is C14H15FN2O3S. The van der Waals surface area contributed by atoms with E-state index < -0.39 is 28.5 Å². The zero-order valence-electron chi connectivity index (χ0n) is 11.7. The van der Waals surface area contributed by atoms with Crippen molar-refractivity contribution in [1.29, 1.82) is 5.26 Å². The van der Waals surface area contributed by atoms with Crippen molar-refractivity contribution in [2.75, 3.05) is 13.7 Å². The third-order valence-corrected chi connectivity index (χ3v) is 4.89. The quantitative estimate of drug-likeness (QED) is 0.844. The first kappa shape index (κ1) is 17.1. The fourth-order valence-electron chi connectivity index (χ4n) is 1.56. The molecule has 0 saturated carbocycles. The molecule has 1 aromatic carbocycles. The van der Waals surface area contributed by atoms with Crippen LogP contribution in [-0.4, -0.2) is 37.5 Å². The summed E-state index contributed by atoms with van der Waals surface area (Å²) in [6, 6.07) is 4.75. The Balaban J connectivity index is 3.16. The zero-order chi connectivity index (χ0) is 16.0. The van der Waals surface area contributed by atoms with Gasteiger partial charge in [-0.3, -0.25) is 0 Å². The highest BCUT2D eigenvalue weighted by Gasteiger charge is 2.25. The number of sulfonamides is 1. The molecule has 0 aliphatic heterocycles. The smallest absolute Gasteiger partial charge is 0.243 e. The van der Waals surface area contributed by atoms with E-state index in [4.69, 9.17) is 10.4 Å². The third kappa shape index (κ3) is 4.02. The highest BCUT2D eigenvalue weighted by Crippen LogP contribution is 2.20. The van der Waals surface area contributed by atoms with Crippen LogP contribution in [0.1, 0.15) is 18.9 Å². The van der Waals surface area contributed by atoms with Crippen LogP contribution in [0, 0.1) is 29.0 Å². The molecule has 0 heterocycles. The molecule has 0 aromatic heterocycles. The summed E-state index contributed by atoms with van der Waals surface area (Å²) in [6.07, 6.45) is 0.0400. The number of hydrogen-bond acceptors (Lipinski definition) is 4. The van der Waals surface area contributed by atoms with Crippen LogP contribution in [0.4, 0.5) is 4.39 Å². The van der Waals surface area contributed by atoms with Crippen molar-refractivity contribution in [1.82, 2.24) is 4.31 Å². The second-order valence-electron chi connectivity index (χ2n) is 4.33. The predicted octanol–water partition coefficient (Wildman–Crippen LogP) is 1.09. The zero-order valence-corrected chi connectivity index (χ0v) is 12.5. The van der Waals surface area contributed by atoms with Crippen molar-refractivity contribution >= 4 is 10.0 Å². The second kappa shape index (κ2) is 7.19. The highest BCUT2D eigenvalue weighted by atomic mass is 32.2. The van der Waals surface area contributed by atoms with Gasteiger partial charge in [0.1, 0.15) is 12.4 Å². The Morgan fingerprint density at radius 1 is 1.48 bits per heavy atom. The molecule has 0 amide bonds. The lowest BCUT2D eigenvalue weighted by molar-refractivity contribution is 0.350. The van der Waals surface area contributed by atoms with Gasteiger partial charge in [0.05, 0.1) is 22.9 Å². The Hall–Kier alpha value is -1.93. The number of aliphatic hydroxyl groups excluding tert-OH is 1. The van der Waals surface area contributed by atoms with Crippen molar-refractivity contribution in [2.45, 2.75) is 24.3 Å². The molecule has 0 saturated heterocycles. The van der Waals surface area contributed by atoms with E-state index in [0.717, 1.165) is 10.4 Å². The van der Waals surface area contributed by atoms with E-state index in [0.29, 0.717) is 0 Å². The Labute approximate surface area is 123 Å². The third-order valence-electron chi connectivity index (χ3n) is 2.93. The lowest BCUT2D eigenvalue weighted by Gasteiger charge is -2.22. The van der Waals surface area contributed by atoms with E-state index in [1.54, 1.807) is 6.92 Å². The van der Waals surface area contributed by atoms with E-state index in [1.807, 2.05) is 6.07 Å². The van der Waals surface area contributed by atoms with Gasteiger partial charge in [-0.15, -0.1) is 0 Å². The van der Waals surface area contributed by atoms with Crippen molar-refractivity contribution < 1.29 is 17.9 Å². The monoisotopic (exact) mass is 310 g/mol. The minimum atomic E-state index is -3.88. The first-order chi connectivity index (χ1) is 9.84. The van der Waals surface area contributed by atoms with Gasteiger partial charge < -0.3 is 5.11 Å². The summed E-state index contributed by atoms with van der Waals surface area (Å²) in [5.74, 6) is 3.90. The van der Waals surface area contributed by atoms with Gasteiger partial charge in [0.15, 0.2) is 0 Å². The van der Waals surface area contributed by atoms with Gasteiger partial charge in [-0.2, -0.15) is 9.57 Å². The standard InChI is InChI=1S/C14H15FN2O3S/c1-11(7-8-16)17(2)21(19,20)13-6-5-12(4-3-9-18)14(15)10-13/h5-6,10-11,18H,7,9H2,1-2H3. The van der Waals surface area contributed by atoms with Crippen LogP contribution in [0.25, 0.3) is 0 Å². The number of aliphatic hydroxyl groups is 1. The minimum Gasteiger partial charge on any atom is -0.384 e. The number of nitriles is 1. The van der Waals surface area contributed by atoms with Gasteiger partial charge in [0.2, 0.25) is 10.0 Å². The van der Waals surface area contributed by atoms with E-state index in [1.165, 1.54) is 19.2 Å². The van der Waals surface area contributed by atoms with Crippen LogP contribution >= 0.6 is 0 Å². The number of rotatable bonds is 4. The van der Waals surface area contributed by atoms with E-state index in [9.17, 15) is 12.8 Å². The predicted molar refractivity (Wildman–Crippen MR) is 75.0 cm³/mol. The summed E-state index contributed by atoms with van der Waals surface area (Å²) in [7, 11) is -2.53. The fourth-order valence-corrected chi connectivity index (χ4v) is 2.93. The number of halogens is 1. The van der Waals surface area contributed by atoms with Gasteiger partial charge in [-0.25, -0.2) is 12.8 Å². The van der Waals surface area contributed by atoms with Crippen molar-refractivity contribution in [3.63, 3.8) is 0 Å². The molecule has 0 fully saturated rings. The Kier molecular flexibility index (Phi) is 5.86. The average molecular weight is 310 g/mol. The molecule has 112 valence electrons. The van der Waals surface area contributed by atoms with E-state index >= 15 is 0 Å². The molecule has 7 heteroatoms. The molecule has 5 nitrogen and oxygen atoms in total. The summed E-state index contributed by atoms with van der Waals surface area (Å²) < 4.78 is 39.4. The Morgan fingerprint density at radius 2 is 2.14 bits per heavy atom. The molecule has 0 bridgehead atoms. The van der Waals surface area contributed by atoms with E-state index in [-0.39, 0.29) is 16.9 Å². The molecule has 0 aliphatic rings. The molecule has 1 atom stereocenters. The molecule has 0 spiro atoms. The summed E-state index contributed by atoms with van der Waals surface area (Å²) >= 11 is 0. The lowest BCUT2D eigenvalue weighted by atomic mass is 10.2. The Bertz CT molecular complexity index is 714. The molecule has 0 aliphatic carbocycles. The van der Waals surface area contributed by atoms with Gasteiger partial charge in [-0.05, 0) is 25.1 Å². The molecule has 1 N–H and O–H groups in total. The maximum Gasteiger partial charge on any atom is 0.243 e. The van der Waals surface area contributed by atoms with Gasteiger partial charge in [-0.1, -0.05) is 11.8 Å². The molecule has 0 radical (unpaired) electrons. The molecule has 1 aromatic rings. The minimum absolute atomic E-state index is 0.00993. The SMILES string of the molecule is CC(CC#N)N(C)S(=O)(=O)c1ccc(C#CCO)c(F)c1. The average Bonchev–Trinajstić information content (AvgIpc) is 2.45. The fraction of sp³-hybridized carbons (Fsp3) is 0.357. The number of hydrogen-bond donors (Lipinski definition) is 1. The normalized spacial score (nSPS) is 12.4. The van der Waals surface area contributed by atoms with Gasteiger partial charge in [0, 0.05) is 13.1 Å². The van der Waals surface area contributed by atoms with Gasteiger partial charge in [0.25, 0.3) is 0 Å². The van der Waals surface area contributed by atoms with Crippen LogP contribution in [0.3, 0.4) is 0 Å². The molecule has 21 heavy (non-hydrogen) atoms. The first-order valence-electron chi connectivity index (χ1n) is 6.09. The Morgan fingerprint density at radius 3 is 2.67 bits per heavy atom. The van der Waals surface area contributed by atoms with Crippen molar-refractivity contribution in [2.24, 2.45) is 0 Å². The largest absolute Gasteiger partial charge is 0.384 e. The topological polar surface area (TPSA) is 81.4 Å². The maximum absolute atomic E-state index is 13.8. The second-order valence-corrected chi connectivity index (χ2v) is 6.33. The van der Waals surface area contributed by atoms with Crippen molar-refractivity contribution in [3.05, 3.63) is 29.6 Å². The molecule has 1 rings (SSSR count). The van der Waals surface area contributed by atoms with Crippen molar-refractivity contribution in [3.8, 4) is 17.9 Å². The van der Waals surface area contributed by atoms with Crippen LogP contribution in [0.5, 0.6) is 0 Å². The van der Waals surface area contributed by atoms with E-state index in [2.05, 4.69) is 11.8 Å². The summed E-state index contributed by atoms with van der Waals surface area (Å²) in [4.78, 5) is -0.207. The summed E-state index contributed by atoms with van der Waals surface area (Å²) in [5, 5.41) is 17.2. The lowest BCUT2D eigenvalue weighted by Crippen LogP contribution is -2.34. The molecule has 1 unspecified atom stereocenters. The molecular weight excluding hydrogens is 295 g/mol. The number of benzene rings is 1. The first-order valence-corrected chi connectivity index (χ1v) is 7.53. The summed E-state index contributed by atoms with van der Waals surface area (Å²) in [6.45, 7) is 1.19.